The van der Waals surface area contributed by atoms with Crippen molar-refractivity contribution in [3.8, 4) is 0 Å². The Hall–Kier alpha value is -0.0800. The Bertz CT molecular complexity index is 216. The van der Waals surface area contributed by atoms with Gasteiger partial charge in [0.15, 0.2) is 0 Å². The molecule has 1 aliphatic carbocycles. The third kappa shape index (κ3) is 1.82. The molecule has 0 aromatic heterocycles. The molecule has 1 saturated carbocycles. The highest BCUT2D eigenvalue weighted by Gasteiger charge is 2.50. The molecule has 1 saturated heterocycles. The van der Waals surface area contributed by atoms with E-state index in [0.29, 0.717) is 0 Å². The van der Waals surface area contributed by atoms with Crippen LogP contribution in [0.1, 0.15) is 40.5 Å². The molecular formula is C12H23NO. The van der Waals surface area contributed by atoms with Gasteiger partial charge in [0.1, 0.15) is 0 Å². The molecule has 0 unspecified atom stereocenters. The summed E-state index contributed by atoms with van der Waals surface area (Å²) in [5.41, 5.74) is 0.205. The molecular weight excluding hydrogens is 174 g/mol. The van der Waals surface area contributed by atoms with Crippen molar-refractivity contribution in [2.45, 2.75) is 51.7 Å². The summed E-state index contributed by atoms with van der Waals surface area (Å²) in [5.74, 6) is 1.69. The van der Waals surface area contributed by atoms with Gasteiger partial charge in [-0.05, 0) is 38.5 Å². The Morgan fingerprint density at radius 3 is 2.36 bits per heavy atom. The molecule has 2 fully saturated rings. The van der Waals surface area contributed by atoms with Crippen LogP contribution in [0, 0.1) is 11.8 Å². The largest absolute Gasteiger partial charge is 0.366 e. The van der Waals surface area contributed by atoms with Crippen LogP contribution >= 0.6 is 0 Å². The Labute approximate surface area is 87.4 Å². The quantitative estimate of drug-likeness (QED) is 0.696. The predicted molar refractivity (Wildman–Crippen MR) is 58.3 cm³/mol. The third-order valence-electron chi connectivity index (χ3n) is 3.70. The van der Waals surface area contributed by atoms with E-state index in [0.717, 1.165) is 24.9 Å². The maximum Gasteiger partial charge on any atom is 0.0819 e. The zero-order valence-corrected chi connectivity index (χ0v) is 9.89. The minimum absolute atomic E-state index is 0.0280. The van der Waals surface area contributed by atoms with E-state index in [-0.39, 0.29) is 11.2 Å². The van der Waals surface area contributed by atoms with Crippen LogP contribution in [0.4, 0.5) is 0 Å². The molecule has 2 nitrogen and oxygen atoms in total. The highest BCUT2D eigenvalue weighted by molar-refractivity contribution is 5.02. The smallest absolute Gasteiger partial charge is 0.0819 e. The van der Waals surface area contributed by atoms with Crippen molar-refractivity contribution in [2.24, 2.45) is 11.8 Å². The average Bonchev–Trinajstić information content (AvgIpc) is 1.97. The summed E-state index contributed by atoms with van der Waals surface area (Å²) >= 11 is 0. The van der Waals surface area contributed by atoms with Gasteiger partial charge in [-0.25, -0.2) is 0 Å². The van der Waals surface area contributed by atoms with Crippen LogP contribution in [0.15, 0.2) is 0 Å². The lowest BCUT2D eigenvalue weighted by molar-refractivity contribution is -0.218. The fourth-order valence-corrected chi connectivity index (χ4v) is 2.84. The minimum Gasteiger partial charge on any atom is -0.366 e. The van der Waals surface area contributed by atoms with E-state index in [1.165, 1.54) is 12.8 Å². The van der Waals surface area contributed by atoms with Crippen LogP contribution < -0.4 is 5.32 Å². The summed E-state index contributed by atoms with van der Waals surface area (Å²) in [6.45, 7) is 11.0. The van der Waals surface area contributed by atoms with Gasteiger partial charge in [0.25, 0.3) is 0 Å². The van der Waals surface area contributed by atoms with E-state index in [2.05, 4.69) is 33.0 Å². The van der Waals surface area contributed by atoms with Crippen LogP contribution in [0.3, 0.4) is 0 Å². The monoisotopic (exact) mass is 197 g/mol. The topological polar surface area (TPSA) is 21.3 Å². The van der Waals surface area contributed by atoms with Crippen LogP contribution in [0.2, 0.25) is 0 Å². The number of hydrogen-bond acceptors (Lipinski definition) is 2. The number of nitrogens with one attached hydrogen (secondary N) is 1. The van der Waals surface area contributed by atoms with Crippen LogP contribution in [0.5, 0.6) is 0 Å². The van der Waals surface area contributed by atoms with Crippen molar-refractivity contribution in [2.75, 3.05) is 13.1 Å². The first kappa shape index (κ1) is 10.4. The summed E-state index contributed by atoms with van der Waals surface area (Å²) in [5, 5.41) is 3.50. The summed E-state index contributed by atoms with van der Waals surface area (Å²) in [4.78, 5) is 0. The van der Waals surface area contributed by atoms with E-state index >= 15 is 0 Å². The number of ether oxygens (including phenoxy) is 1. The van der Waals surface area contributed by atoms with E-state index < -0.39 is 0 Å². The first-order chi connectivity index (χ1) is 6.43. The molecule has 2 heteroatoms. The molecule has 1 spiro atoms. The number of hydrogen-bond donors (Lipinski definition) is 1. The number of morpholine rings is 1. The Morgan fingerprint density at radius 1 is 1.21 bits per heavy atom. The van der Waals surface area contributed by atoms with Crippen LogP contribution in [-0.2, 0) is 4.74 Å². The lowest BCUT2D eigenvalue weighted by atomic mass is 9.65. The molecule has 82 valence electrons. The average molecular weight is 197 g/mol. The van der Waals surface area contributed by atoms with Gasteiger partial charge in [0, 0.05) is 13.1 Å². The first-order valence-corrected chi connectivity index (χ1v) is 5.83. The Kier molecular flexibility index (Phi) is 2.39. The van der Waals surface area contributed by atoms with Gasteiger partial charge in [-0.3, -0.25) is 0 Å². The highest BCUT2D eigenvalue weighted by atomic mass is 16.5. The summed E-state index contributed by atoms with van der Waals surface area (Å²) in [7, 11) is 0. The number of rotatable bonds is 1. The first-order valence-electron chi connectivity index (χ1n) is 5.83. The molecule has 1 N–H and O–H groups in total. The lowest BCUT2D eigenvalue weighted by Crippen LogP contribution is -2.63. The van der Waals surface area contributed by atoms with Crippen molar-refractivity contribution in [3.63, 3.8) is 0 Å². The van der Waals surface area contributed by atoms with Crippen molar-refractivity contribution in [1.82, 2.24) is 5.32 Å². The third-order valence-corrected chi connectivity index (χ3v) is 3.70. The molecule has 1 aliphatic heterocycles. The summed E-state index contributed by atoms with van der Waals surface area (Å²) in [6, 6.07) is 0. The second kappa shape index (κ2) is 3.21. The van der Waals surface area contributed by atoms with Crippen LogP contribution in [0.25, 0.3) is 0 Å². The van der Waals surface area contributed by atoms with Crippen molar-refractivity contribution in [3.05, 3.63) is 0 Å². The lowest BCUT2D eigenvalue weighted by Gasteiger charge is -2.55. The van der Waals surface area contributed by atoms with Gasteiger partial charge in [-0.1, -0.05) is 13.8 Å². The van der Waals surface area contributed by atoms with E-state index in [9.17, 15) is 0 Å². The van der Waals surface area contributed by atoms with Crippen molar-refractivity contribution >= 4 is 0 Å². The zero-order chi connectivity index (χ0) is 10.4. The van der Waals surface area contributed by atoms with E-state index in [1.807, 2.05) is 0 Å². The molecule has 1 heterocycles. The van der Waals surface area contributed by atoms with Gasteiger partial charge >= 0.3 is 0 Å². The van der Waals surface area contributed by atoms with Gasteiger partial charge in [-0.2, -0.15) is 0 Å². The molecule has 14 heavy (non-hydrogen) atoms. The predicted octanol–water partition coefficient (Wildman–Crippen LogP) is 2.19. The fraction of sp³-hybridized carbons (Fsp3) is 1.00. The SMILES string of the molecule is CC(C)C1CC2(CNCC(C)(C)O2)C1. The van der Waals surface area contributed by atoms with E-state index in [4.69, 9.17) is 4.74 Å². The van der Waals surface area contributed by atoms with Crippen molar-refractivity contribution in [1.29, 1.82) is 0 Å². The molecule has 2 aliphatic rings. The van der Waals surface area contributed by atoms with Gasteiger partial charge < -0.3 is 10.1 Å². The van der Waals surface area contributed by atoms with Crippen LogP contribution in [-0.4, -0.2) is 24.3 Å². The normalized spacial score (nSPS) is 41.4. The molecule has 0 aromatic carbocycles. The fourth-order valence-electron chi connectivity index (χ4n) is 2.84. The second-order valence-electron chi connectivity index (χ2n) is 6.06. The minimum atomic E-state index is 0.0280. The van der Waals surface area contributed by atoms with E-state index in [1.54, 1.807) is 0 Å². The summed E-state index contributed by atoms with van der Waals surface area (Å²) < 4.78 is 6.22. The molecule has 2 rings (SSSR count). The second-order valence-corrected chi connectivity index (χ2v) is 6.06. The Balaban J connectivity index is 1.94. The van der Waals surface area contributed by atoms with Gasteiger partial charge in [-0.15, -0.1) is 0 Å². The summed E-state index contributed by atoms with van der Waals surface area (Å²) in [6.07, 6.45) is 2.50. The maximum absolute atomic E-state index is 6.22. The highest BCUT2D eigenvalue weighted by Crippen LogP contribution is 2.47. The standard InChI is InChI=1S/C12H23NO/c1-9(2)10-5-12(6-10)8-13-7-11(3,4)14-12/h9-10,13H,5-8H2,1-4H3. The molecule has 0 aromatic rings. The van der Waals surface area contributed by atoms with Gasteiger partial charge in [0.2, 0.25) is 0 Å². The molecule has 0 amide bonds. The van der Waals surface area contributed by atoms with Gasteiger partial charge in [0.05, 0.1) is 11.2 Å². The Morgan fingerprint density at radius 2 is 1.86 bits per heavy atom. The zero-order valence-electron chi connectivity index (χ0n) is 9.89. The molecule has 0 atom stereocenters. The maximum atomic E-state index is 6.22. The molecule has 0 radical (unpaired) electrons. The van der Waals surface area contributed by atoms with Crippen molar-refractivity contribution < 1.29 is 4.74 Å². The molecule has 0 bridgehead atoms.